The molecule has 0 unspecified atom stereocenters. The quantitative estimate of drug-likeness (QED) is 0.759. The first kappa shape index (κ1) is 21.9. The number of likely N-dealkylation sites (tertiary alicyclic amines) is 1. The number of carbonyl (C=O) groups is 2. The van der Waals surface area contributed by atoms with Gasteiger partial charge in [-0.25, -0.2) is 0 Å². The molecule has 2 fully saturated rings. The number of hydrogen-bond acceptors (Lipinski definition) is 4. The van der Waals surface area contributed by atoms with Gasteiger partial charge in [0.2, 0.25) is 5.91 Å². The van der Waals surface area contributed by atoms with E-state index < -0.39 is 29.4 Å². The third-order valence-corrected chi connectivity index (χ3v) is 6.68. The van der Waals surface area contributed by atoms with Crippen LogP contribution in [-0.4, -0.2) is 46.2 Å². The van der Waals surface area contributed by atoms with Crippen LogP contribution in [0.5, 0.6) is 5.75 Å². The number of carboxylic acids is 1. The van der Waals surface area contributed by atoms with Gasteiger partial charge in [0.15, 0.2) is 0 Å². The van der Waals surface area contributed by atoms with Crippen molar-refractivity contribution in [3.05, 3.63) is 29.3 Å². The lowest BCUT2D eigenvalue weighted by molar-refractivity contribution is -0.172. The molecule has 1 aromatic carbocycles. The molecule has 31 heavy (non-hydrogen) atoms. The van der Waals surface area contributed by atoms with Crippen molar-refractivity contribution in [2.45, 2.75) is 76.0 Å². The topological polar surface area (TPSA) is 76.1 Å². The maximum atomic E-state index is 13.6. The minimum absolute atomic E-state index is 0.0614. The van der Waals surface area contributed by atoms with Crippen LogP contribution in [0.3, 0.4) is 0 Å². The summed E-state index contributed by atoms with van der Waals surface area (Å²) in [5, 5.41) is 8.79. The molecule has 4 rings (SSSR count). The van der Waals surface area contributed by atoms with E-state index in [1.165, 1.54) is 6.07 Å². The summed E-state index contributed by atoms with van der Waals surface area (Å²) in [5.41, 5.74) is -1.31. The number of para-hydroxylation sites is 1. The molecule has 0 aliphatic carbocycles. The molecule has 1 amide bonds. The van der Waals surface area contributed by atoms with Crippen molar-refractivity contribution in [1.29, 1.82) is 0 Å². The van der Waals surface area contributed by atoms with Crippen molar-refractivity contribution >= 4 is 11.9 Å². The summed E-state index contributed by atoms with van der Waals surface area (Å²) >= 11 is 0. The first-order chi connectivity index (χ1) is 14.5. The normalized spacial score (nSPS) is 28.9. The van der Waals surface area contributed by atoms with Crippen LogP contribution in [0.1, 0.15) is 63.2 Å². The SMILES string of the molecule is CC1(C)Oc2c(cccc2C(F)(F)F)[C@@H]2O[C@@H]3CCN(C(=O)CCCC(=O)O)[C@@H]3C[C@H]21. The minimum atomic E-state index is -4.53. The molecule has 170 valence electrons. The van der Waals surface area contributed by atoms with Crippen LogP contribution in [0.2, 0.25) is 0 Å². The van der Waals surface area contributed by atoms with E-state index in [1.807, 2.05) is 0 Å². The van der Waals surface area contributed by atoms with Gasteiger partial charge in [-0.1, -0.05) is 12.1 Å². The average molecular weight is 441 g/mol. The number of ether oxygens (including phenoxy) is 2. The van der Waals surface area contributed by atoms with Gasteiger partial charge in [-0.3, -0.25) is 9.59 Å². The number of aliphatic carboxylic acids is 1. The summed E-state index contributed by atoms with van der Waals surface area (Å²) in [7, 11) is 0. The van der Waals surface area contributed by atoms with E-state index in [9.17, 15) is 22.8 Å². The van der Waals surface area contributed by atoms with Gasteiger partial charge in [-0.15, -0.1) is 0 Å². The zero-order valence-corrected chi connectivity index (χ0v) is 17.4. The molecule has 4 atom stereocenters. The number of halogens is 3. The second-order valence-electron chi connectivity index (χ2n) is 9.05. The first-order valence-electron chi connectivity index (χ1n) is 10.5. The lowest BCUT2D eigenvalue weighted by atomic mass is 9.73. The Kier molecular flexibility index (Phi) is 5.44. The Hall–Kier alpha value is -2.29. The summed E-state index contributed by atoms with van der Waals surface area (Å²) in [4.78, 5) is 25.1. The number of carbonyl (C=O) groups excluding carboxylic acids is 1. The summed E-state index contributed by atoms with van der Waals surface area (Å²) in [6.45, 7) is 4.02. The van der Waals surface area contributed by atoms with E-state index in [1.54, 1.807) is 24.8 Å². The van der Waals surface area contributed by atoms with Gasteiger partial charge in [-0.05, 0) is 39.2 Å². The highest BCUT2D eigenvalue weighted by atomic mass is 19.4. The number of nitrogens with zero attached hydrogens (tertiary/aromatic N) is 1. The van der Waals surface area contributed by atoms with Crippen LogP contribution in [0.15, 0.2) is 18.2 Å². The average Bonchev–Trinajstić information content (AvgIpc) is 3.08. The Balaban J connectivity index is 1.58. The largest absolute Gasteiger partial charge is 0.486 e. The van der Waals surface area contributed by atoms with Crippen molar-refractivity contribution in [2.75, 3.05) is 6.54 Å². The zero-order valence-electron chi connectivity index (χ0n) is 17.4. The molecule has 1 N–H and O–H groups in total. The second kappa shape index (κ2) is 7.69. The molecule has 0 radical (unpaired) electrons. The Morgan fingerprint density at radius 3 is 2.68 bits per heavy atom. The Morgan fingerprint density at radius 2 is 2.00 bits per heavy atom. The van der Waals surface area contributed by atoms with Gasteiger partial charge in [0.25, 0.3) is 0 Å². The fourth-order valence-electron chi connectivity index (χ4n) is 5.17. The van der Waals surface area contributed by atoms with Gasteiger partial charge < -0.3 is 19.5 Å². The molecule has 6 nitrogen and oxygen atoms in total. The first-order valence-corrected chi connectivity index (χ1v) is 10.5. The van der Waals surface area contributed by atoms with Gasteiger partial charge in [0.05, 0.1) is 23.8 Å². The molecule has 0 aromatic heterocycles. The molecule has 1 aromatic rings. The van der Waals surface area contributed by atoms with Gasteiger partial charge in [0.1, 0.15) is 11.4 Å². The highest BCUT2D eigenvalue weighted by molar-refractivity contribution is 5.77. The number of benzene rings is 1. The van der Waals surface area contributed by atoms with Crippen molar-refractivity contribution in [1.82, 2.24) is 4.90 Å². The maximum absolute atomic E-state index is 13.6. The van der Waals surface area contributed by atoms with E-state index >= 15 is 0 Å². The molecule has 0 saturated carbocycles. The number of fused-ring (bicyclic) bond motifs is 4. The van der Waals surface area contributed by atoms with Crippen molar-refractivity contribution < 1.29 is 37.3 Å². The van der Waals surface area contributed by atoms with Crippen LogP contribution in [0.25, 0.3) is 0 Å². The third kappa shape index (κ3) is 4.00. The van der Waals surface area contributed by atoms with E-state index in [2.05, 4.69) is 0 Å². The lowest BCUT2D eigenvalue weighted by Gasteiger charge is -2.51. The van der Waals surface area contributed by atoms with Crippen molar-refractivity contribution in [2.24, 2.45) is 5.92 Å². The fraction of sp³-hybridized carbons (Fsp3) is 0.636. The molecule has 9 heteroatoms. The highest BCUT2D eigenvalue weighted by Gasteiger charge is 2.55. The predicted molar refractivity (Wildman–Crippen MR) is 103 cm³/mol. The Bertz CT molecular complexity index is 884. The Morgan fingerprint density at radius 1 is 1.26 bits per heavy atom. The fourth-order valence-corrected chi connectivity index (χ4v) is 5.17. The van der Waals surface area contributed by atoms with E-state index in [0.29, 0.717) is 24.9 Å². The number of alkyl halides is 3. The van der Waals surface area contributed by atoms with Crippen molar-refractivity contribution in [3.8, 4) is 5.75 Å². The molecule has 3 aliphatic rings. The molecular weight excluding hydrogens is 415 g/mol. The van der Waals surface area contributed by atoms with Crippen LogP contribution in [-0.2, 0) is 20.5 Å². The molecule has 2 saturated heterocycles. The molecule has 0 spiro atoms. The summed E-state index contributed by atoms with van der Waals surface area (Å²) in [6, 6.07) is 3.84. The third-order valence-electron chi connectivity index (χ3n) is 6.68. The molecule has 0 bridgehead atoms. The predicted octanol–water partition coefficient (Wildman–Crippen LogP) is 4.18. The number of hydrogen-bond donors (Lipinski definition) is 1. The molecule has 3 heterocycles. The smallest absolute Gasteiger partial charge is 0.419 e. The number of carboxylic acid groups (broad SMARTS) is 1. The molecular formula is C22H26F3NO5. The zero-order chi connectivity index (χ0) is 22.6. The maximum Gasteiger partial charge on any atom is 0.419 e. The lowest BCUT2D eigenvalue weighted by Crippen LogP contribution is -2.54. The van der Waals surface area contributed by atoms with Crippen LogP contribution >= 0.6 is 0 Å². The van der Waals surface area contributed by atoms with Crippen molar-refractivity contribution in [3.63, 3.8) is 0 Å². The number of amides is 1. The molecule has 3 aliphatic heterocycles. The van der Waals surface area contributed by atoms with E-state index in [4.69, 9.17) is 14.6 Å². The van der Waals surface area contributed by atoms with Gasteiger partial charge >= 0.3 is 12.1 Å². The summed E-state index contributed by atoms with van der Waals surface area (Å²) < 4.78 is 52.9. The monoisotopic (exact) mass is 441 g/mol. The number of rotatable bonds is 4. The van der Waals surface area contributed by atoms with Crippen LogP contribution in [0.4, 0.5) is 13.2 Å². The van der Waals surface area contributed by atoms with Crippen LogP contribution < -0.4 is 4.74 Å². The second-order valence-corrected chi connectivity index (χ2v) is 9.05. The summed E-state index contributed by atoms with van der Waals surface area (Å²) in [5.74, 6) is -1.43. The van der Waals surface area contributed by atoms with Crippen LogP contribution in [0, 0.1) is 5.92 Å². The Labute approximate surface area is 178 Å². The van der Waals surface area contributed by atoms with Gasteiger partial charge in [0, 0.05) is 30.9 Å². The van der Waals surface area contributed by atoms with Gasteiger partial charge in [-0.2, -0.15) is 13.2 Å². The minimum Gasteiger partial charge on any atom is -0.486 e. The highest BCUT2D eigenvalue weighted by Crippen LogP contribution is 2.55. The van der Waals surface area contributed by atoms with E-state index in [0.717, 1.165) is 6.07 Å². The summed E-state index contributed by atoms with van der Waals surface area (Å²) in [6.07, 6.45) is -3.80. The standard InChI is InChI=1S/C22H26F3NO5/c1-21(2)14-11-15-16(9-10-26(15)17(27)7-4-8-18(28)29)30-19(14)12-5-3-6-13(20(12)31-21)22(23,24)25/h3,5-6,14-16,19H,4,7-11H2,1-2H3,(H,28,29)/t14-,15-,16-,19+/m1/s1. The van der Waals surface area contributed by atoms with E-state index in [-0.39, 0.29) is 49.0 Å².